The number of anilines is 1. The van der Waals surface area contributed by atoms with Gasteiger partial charge >= 0.3 is 0 Å². The van der Waals surface area contributed by atoms with Gasteiger partial charge in [0.25, 0.3) is 0 Å². The molecule has 3 aromatic heterocycles. The second kappa shape index (κ2) is 6.58. The van der Waals surface area contributed by atoms with Crippen molar-refractivity contribution < 1.29 is 9.32 Å². The maximum atomic E-state index is 12.5. The standard InChI is InChI=1S/C20H14N6O2/c27-20(11-17-15-6-1-2-7-18(15)28-25-17)22-14-5-3-4-13(10-14)16-8-9-19-23-21-12-26(19)24-16/h1-10,12H,11H2,(H,22,27). The van der Waals surface area contributed by atoms with Gasteiger partial charge in [0.2, 0.25) is 5.91 Å². The number of fused-ring (bicyclic) bond motifs is 2. The summed E-state index contributed by atoms with van der Waals surface area (Å²) < 4.78 is 6.86. The first-order chi connectivity index (χ1) is 13.8. The number of rotatable bonds is 4. The van der Waals surface area contributed by atoms with Crippen LogP contribution < -0.4 is 5.32 Å². The molecule has 3 heterocycles. The molecular formula is C20H14N6O2. The molecule has 8 nitrogen and oxygen atoms in total. The summed E-state index contributed by atoms with van der Waals surface area (Å²) in [7, 11) is 0. The van der Waals surface area contributed by atoms with E-state index in [0.29, 0.717) is 22.6 Å². The topological polar surface area (TPSA) is 98.2 Å². The molecule has 0 spiro atoms. The number of aromatic nitrogens is 5. The van der Waals surface area contributed by atoms with Crippen LogP contribution in [0.4, 0.5) is 5.69 Å². The average Bonchev–Trinajstić information content (AvgIpc) is 3.35. The predicted molar refractivity (Wildman–Crippen MR) is 103 cm³/mol. The summed E-state index contributed by atoms with van der Waals surface area (Å²) in [6.07, 6.45) is 1.68. The smallest absolute Gasteiger partial charge is 0.230 e. The molecule has 0 bridgehead atoms. The van der Waals surface area contributed by atoms with Crippen LogP contribution in [0.25, 0.3) is 27.9 Å². The number of nitrogens with one attached hydrogen (secondary N) is 1. The number of benzene rings is 2. The van der Waals surface area contributed by atoms with Crippen molar-refractivity contribution in [2.24, 2.45) is 0 Å². The minimum atomic E-state index is -0.168. The van der Waals surface area contributed by atoms with Crippen LogP contribution in [-0.2, 0) is 11.2 Å². The van der Waals surface area contributed by atoms with Crippen molar-refractivity contribution in [2.75, 3.05) is 5.32 Å². The average molecular weight is 370 g/mol. The highest BCUT2D eigenvalue weighted by Crippen LogP contribution is 2.22. The zero-order valence-corrected chi connectivity index (χ0v) is 14.6. The van der Waals surface area contributed by atoms with Crippen molar-refractivity contribution in [3.05, 3.63) is 72.7 Å². The van der Waals surface area contributed by atoms with E-state index in [1.54, 1.807) is 10.8 Å². The highest BCUT2D eigenvalue weighted by atomic mass is 16.5. The van der Waals surface area contributed by atoms with Crippen molar-refractivity contribution in [1.82, 2.24) is 25.0 Å². The summed E-state index contributed by atoms with van der Waals surface area (Å²) in [4.78, 5) is 12.5. The highest BCUT2D eigenvalue weighted by Gasteiger charge is 2.12. The van der Waals surface area contributed by atoms with Crippen molar-refractivity contribution in [3.63, 3.8) is 0 Å². The summed E-state index contributed by atoms with van der Waals surface area (Å²) in [6, 6.07) is 18.7. The van der Waals surface area contributed by atoms with Crippen molar-refractivity contribution >= 4 is 28.2 Å². The van der Waals surface area contributed by atoms with Gasteiger partial charge in [-0.25, -0.2) is 0 Å². The fraction of sp³-hybridized carbons (Fsp3) is 0.0500. The van der Waals surface area contributed by atoms with E-state index >= 15 is 0 Å². The van der Waals surface area contributed by atoms with Gasteiger partial charge < -0.3 is 9.84 Å². The lowest BCUT2D eigenvalue weighted by molar-refractivity contribution is -0.115. The summed E-state index contributed by atoms with van der Waals surface area (Å²) in [5, 5.41) is 20.0. The van der Waals surface area contributed by atoms with Crippen LogP contribution in [0.1, 0.15) is 5.69 Å². The Morgan fingerprint density at radius 2 is 2.00 bits per heavy atom. The van der Waals surface area contributed by atoms with E-state index in [9.17, 15) is 4.79 Å². The molecule has 0 atom stereocenters. The fourth-order valence-corrected chi connectivity index (χ4v) is 3.06. The Labute approximate surface area is 158 Å². The Kier molecular flexibility index (Phi) is 3.79. The normalized spacial score (nSPS) is 11.1. The number of amides is 1. The predicted octanol–water partition coefficient (Wildman–Crippen LogP) is 3.11. The molecule has 0 aliphatic heterocycles. The van der Waals surface area contributed by atoms with Crippen LogP contribution in [0.15, 0.2) is 71.5 Å². The van der Waals surface area contributed by atoms with Crippen molar-refractivity contribution in [1.29, 1.82) is 0 Å². The molecule has 5 rings (SSSR count). The van der Waals surface area contributed by atoms with Crippen molar-refractivity contribution in [2.45, 2.75) is 6.42 Å². The summed E-state index contributed by atoms with van der Waals surface area (Å²) in [5.74, 6) is -0.168. The number of carbonyl (C=O) groups excluding carboxylic acids is 1. The zero-order chi connectivity index (χ0) is 18.9. The molecule has 0 aliphatic carbocycles. The number of hydrogen-bond donors (Lipinski definition) is 1. The monoisotopic (exact) mass is 370 g/mol. The van der Waals surface area contributed by atoms with Crippen LogP contribution in [0, 0.1) is 0 Å². The first-order valence-electron chi connectivity index (χ1n) is 8.67. The van der Waals surface area contributed by atoms with E-state index in [4.69, 9.17) is 4.52 Å². The van der Waals surface area contributed by atoms with Crippen LogP contribution >= 0.6 is 0 Å². The Bertz CT molecular complexity index is 1310. The summed E-state index contributed by atoms with van der Waals surface area (Å²) in [5.41, 5.74) is 4.27. The fourth-order valence-electron chi connectivity index (χ4n) is 3.06. The van der Waals surface area contributed by atoms with Gasteiger partial charge in [-0.05, 0) is 36.4 Å². The van der Waals surface area contributed by atoms with E-state index in [1.807, 2.05) is 60.7 Å². The molecule has 28 heavy (non-hydrogen) atoms. The lowest BCUT2D eigenvalue weighted by Gasteiger charge is -2.07. The number of hydrogen-bond acceptors (Lipinski definition) is 6. The molecule has 0 unspecified atom stereocenters. The molecule has 0 fully saturated rings. The molecule has 0 radical (unpaired) electrons. The maximum absolute atomic E-state index is 12.5. The third-order valence-electron chi connectivity index (χ3n) is 4.38. The van der Waals surface area contributed by atoms with Crippen molar-refractivity contribution in [3.8, 4) is 11.3 Å². The Hall–Kier alpha value is -4.07. The van der Waals surface area contributed by atoms with Gasteiger partial charge in [-0.3, -0.25) is 4.79 Å². The van der Waals surface area contributed by atoms with Gasteiger partial charge in [0.15, 0.2) is 11.2 Å². The third-order valence-corrected chi connectivity index (χ3v) is 4.38. The molecule has 0 saturated carbocycles. The first kappa shape index (κ1) is 16.1. The van der Waals surface area contributed by atoms with Gasteiger partial charge in [-0.1, -0.05) is 29.4 Å². The van der Waals surface area contributed by atoms with Gasteiger partial charge in [0, 0.05) is 16.6 Å². The zero-order valence-electron chi connectivity index (χ0n) is 14.6. The number of nitrogens with zero attached hydrogens (tertiary/aromatic N) is 5. The second-order valence-electron chi connectivity index (χ2n) is 6.28. The summed E-state index contributed by atoms with van der Waals surface area (Å²) >= 11 is 0. The van der Waals surface area contributed by atoms with Crippen LogP contribution in [-0.4, -0.2) is 30.9 Å². The van der Waals surface area contributed by atoms with Gasteiger partial charge in [0.1, 0.15) is 12.0 Å². The largest absolute Gasteiger partial charge is 0.356 e. The van der Waals surface area contributed by atoms with Crippen LogP contribution in [0.2, 0.25) is 0 Å². The second-order valence-corrected chi connectivity index (χ2v) is 6.28. The lowest BCUT2D eigenvalue weighted by Crippen LogP contribution is -2.14. The minimum absolute atomic E-state index is 0.131. The lowest BCUT2D eigenvalue weighted by atomic mass is 10.1. The quantitative estimate of drug-likeness (QED) is 0.522. The first-order valence-corrected chi connectivity index (χ1v) is 8.67. The minimum Gasteiger partial charge on any atom is -0.356 e. The molecule has 1 N–H and O–H groups in total. The molecule has 1 amide bonds. The maximum Gasteiger partial charge on any atom is 0.230 e. The molecule has 2 aromatic carbocycles. The van der Waals surface area contributed by atoms with E-state index < -0.39 is 0 Å². The molecule has 0 saturated heterocycles. The van der Waals surface area contributed by atoms with Gasteiger partial charge in [-0.15, -0.1) is 10.2 Å². The third kappa shape index (κ3) is 2.96. The SMILES string of the molecule is O=C(Cc1noc2ccccc12)Nc1cccc(-c2ccc3nncn3n2)c1. The molecule has 0 aliphatic rings. The summed E-state index contributed by atoms with van der Waals surface area (Å²) in [6.45, 7) is 0. The highest BCUT2D eigenvalue weighted by molar-refractivity contribution is 5.95. The van der Waals surface area contributed by atoms with E-state index in [2.05, 4.69) is 25.8 Å². The van der Waals surface area contributed by atoms with E-state index in [0.717, 1.165) is 16.6 Å². The molecular weight excluding hydrogens is 356 g/mol. The van der Waals surface area contributed by atoms with Crippen LogP contribution in [0.3, 0.4) is 0 Å². The Morgan fingerprint density at radius 3 is 2.96 bits per heavy atom. The molecule has 136 valence electrons. The van der Waals surface area contributed by atoms with Gasteiger partial charge in [0.05, 0.1) is 12.1 Å². The molecule has 5 aromatic rings. The van der Waals surface area contributed by atoms with E-state index in [-0.39, 0.29) is 12.3 Å². The van der Waals surface area contributed by atoms with Crippen LogP contribution in [0.5, 0.6) is 0 Å². The Morgan fingerprint density at radius 1 is 1.07 bits per heavy atom. The Balaban J connectivity index is 1.36. The number of carbonyl (C=O) groups is 1. The molecule has 8 heteroatoms. The number of para-hydroxylation sites is 1. The van der Waals surface area contributed by atoms with E-state index in [1.165, 1.54) is 0 Å². The van der Waals surface area contributed by atoms with Gasteiger partial charge in [-0.2, -0.15) is 9.61 Å².